The van der Waals surface area contributed by atoms with E-state index in [1.807, 2.05) is 0 Å². The second-order valence-electron chi connectivity index (χ2n) is 3.39. The lowest BCUT2D eigenvalue weighted by Crippen LogP contribution is -2.52. The Morgan fingerprint density at radius 2 is 2.09 bits per heavy atom. The van der Waals surface area contributed by atoms with Crippen LogP contribution in [0.15, 0.2) is 0 Å². The molecule has 0 aromatic rings. The van der Waals surface area contributed by atoms with E-state index in [1.165, 1.54) is 0 Å². The SMILES string of the molecule is C1COC2(CCNCC2)C[N]1. The van der Waals surface area contributed by atoms with Crippen molar-refractivity contribution in [2.75, 3.05) is 32.8 Å². The number of ether oxygens (including phenoxy) is 1. The highest BCUT2D eigenvalue weighted by Crippen LogP contribution is 2.24. The first kappa shape index (κ1) is 7.53. The Balaban J connectivity index is 1.94. The molecule has 2 heterocycles. The topological polar surface area (TPSA) is 35.4 Å². The van der Waals surface area contributed by atoms with Crippen molar-refractivity contribution in [2.24, 2.45) is 0 Å². The van der Waals surface area contributed by atoms with E-state index < -0.39 is 0 Å². The van der Waals surface area contributed by atoms with E-state index in [0.29, 0.717) is 0 Å². The van der Waals surface area contributed by atoms with Crippen LogP contribution in [0.25, 0.3) is 0 Å². The zero-order chi connectivity index (χ0) is 7.57. The van der Waals surface area contributed by atoms with E-state index in [1.54, 1.807) is 0 Å². The Bertz CT molecular complexity index is 107. The van der Waals surface area contributed by atoms with Gasteiger partial charge in [-0.1, -0.05) is 0 Å². The fourth-order valence-corrected chi connectivity index (χ4v) is 1.84. The van der Waals surface area contributed by atoms with Gasteiger partial charge in [0.1, 0.15) is 0 Å². The number of nitrogens with one attached hydrogen (secondary N) is 1. The lowest BCUT2D eigenvalue weighted by molar-refractivity contribution is -0.0844. The molecule has 11 heavy (non-hydrogen) atoms. The van der Waals surface area contributed by atoms with E-state index >= 15 is 0 Å². The minimum atomic E-state index is 0.128. The molecule has 0 bridgehead atoms. The second-order valence-corrected chi connectivity index (χ2v) is 3.39. The number of piperidine rings is 1. The van der Waals surface area contributed by atoms with Crippen molar-refractivity contribution in [2.45, 2.75) is 18.4 Å². The molecule has 0 aliphatic carbocycles. The normalized spacial score (nSPS) is 30.5. The first-order chi connectivity index (χ1) is 5.41. The van der Waals surface area contributed by atoms with E-state index in [9.17, 15) is 0 Å². The maximum Gasteiger partial charge on any atom is 0.0847 e. The highest BCUT2D eigenvalue weighted by atomic mass is 16.5. The number of hydrogen-bond acceptors (Lipinski definition) is 2. The van der Waals surface area contributed by atoms with Gasteiger partial charge in [0.2, 0.25) is 0 Å². The van der Waals surface area contributed by atoms with Crippen molar-refractivity contribution >= 4 is 0 Å². The van der Waals surface area contributed by atoms with E-state index in [-0.39, 0.29) is 5.60 Å². The number of hydrogen-bond donors (Lipinski definition) is 1. The summed E-state index contributed by atoms with van der Waals surface area (Å²) in [6, 6.07) is 0. The minimum Gasteiger partial charge on any atom is -0.372 e. The quantitative estimate of drug-likeness (QED) is 0.523. The van der Waals surface area contributed by atoms with Crippen molar-refractivity contribution < 1.29 is 4.74 Å². The van der Waals surface area contributed by atoms with Crippen LogP contribution in [0.3, 0.4) is 0 Å². The van der Waals surface area contributed by atoms with Crippen LogP contribution in [-0.4, -0.2) is 38.4 Å². The molecule has 3 heteroatoms. The average molecular weight is 155 g/mol. The van der Waals surface area contributed by atoms with Crippen molar-refractivity contribution in [1.29, 1.82) is 0 Å². The summed E-state index contributed by atoms with van der Waals surface area (Å²) < 4.78 is 5.77. The summed E-state index contributed by atoms with van der Waals surface area (Å²) in [5, 5.41) is 7.74. The van der Waals surface area contributed by atoms with Gasteiger partial charge >= 0.3 is 0 Å². The molecule has 3 nitrogen and oxygen atoms in total. The molecule has 63 valence electrons. The van der Waals surface area contributed by atoms with E-state index in [0.717, 1.165) is 45.6 Å². The van der Waals surface area contributed by atoms with Crippen LogP contribution in [0, 0.1) is 0 Å². The molecule has 0 aromatic carbocycles. The molecule has 0 saturated carbocycles. The van der Waals surface area contributed by atoms with Crippen molar-refractivity contribution in [1.82, 2.24) is 10.6 Å². The fraction of sp³-hybridized carbons (Fsp3) is 1.00. The number of rotatable bonds is 0. The Labute approximate surface area is 67.5 Å². The zero-order valence-electron chi connectivity index (χ0n) is 6.81. The maximum atomic E-state index is 5.77. The maximum absolute atomic E-state index is 5.77. The monoisotopic (exact) mass is 155 g/mol. The van der Waals surface area contributed by atoms with Crippen LogP contribution in [0.2, 0.25) is 0 Å². The van der Waals surface area contributed by atoms with E-state index in [4.69, 9.17) is 4.74 Å². The Morgan fingerprint density at radius 1 is 1.27 bits per heavy atom. The summed E-state index contributed by atoms with van der Waals surface area (Å²) in [6.45, 7) is 4.84. The van der Waals surface area contributed by atoms with Crippen LogP contribution in [0.5, 0.6) is 0 Å². The molecule has 2 rings (SSSR count). The van der Waals surface area contributed by atoms with Crippen LogP contribution >= 0.6 is 0 Å². The lowest BCUT2D eigenvalue weighted by atomic mass is 9.91. The zero-order valence-corrected chi connectivity index (χ0v) is 6.81. The smallest absolute Gasteiger partial charge is 0.0847 e. The summed E-state index contributed by atoms with van der Waals surface area (Å²) in [5.74, 6) is 0. The first-order valence-corrected chi connectivity index (χ1v) is 4.39. The third kappa shape index (κ3) is 1.55. The largest absolute Gasteiger partial charge is 0.372 e. The predicted molar refractivity (Wildman–Crippen MR) is 42.7 cm³/mol. The summed E-state index contributed by atoms with van der Waals surface area (Å²) in [7, 11) is 0. The molecule has 2 fully saturated rings. The molecule has 0 aromatic heterocycles. The van der Waals surface area contributed by atoms with Crippen molar-refractivity contribution in [3.05, 3.63) is 0 Å². The van der Waals surface area contributed by atoms with Gasteiger partial charge in [-0.2, -0.15) is 0 Å². The van der Waals surface area contributed by atoms with Crippen LogP contribution in [0.4, 0.5) is 0 Å². The molecule has 0 unspecified atom stereocenters. The molecule has 1 spiro atoms. The van der Waals surface area contributed by atoms with Gasteiger partial charge in [-0.25, -0.2) is 5.32 Å². The van der Waals surface area contributed by atoms with Gasteiger partial charge in [0.15, 0.2) is 0 Å². The Morgan fingerprint density at radius 3 is 2.73 bits per heavy atom. The third-order valence-electron chi connectivity index (χ3n) is 2.57. The lowest BCUT2D eigenvalue weighted by Gasteiger charge is -2.40. The molecular formula is C8H15N2O. The number of morpholine rings is 1. The average Bonchev–Trinajstić information content (AvgIpc) is 2.07. The highest BCUT2D eigenvalue weighted by Gasteiger charge is 2.34. The molecule has 2 aliphatic heterocycles. The number of nitrogens with zero attached hydrogens (tertiary/aromatic N) is 1. The molecule has 2 saturated heterocycles. The van der Waals surface area contributed by atoms with E-state index in [2.05, 4.69) is 10.6 Å². The van der Waals surface area contributed by atoms with Crippen molar-refractivity contribution in [3.8, 4) is 0 Å². The molecule has 1 radical (unpaired) electrons. The predicted octanol–water partition coefficient (Wildman–Crippen LogP) is -0.257. The van der Waals surface area contributed by atoms with Gasteiger partial charge in [0.05, 0.1) is 12.2 Å². The standard InChI is InChI=1S/C8H15N2O/c1-3-9-4-2-8(1)7-10-5-6-11-8/h9H,1-7H2. The van der Waals surface area contributed by atoms with Gasteiger partial charge < -0.3 is 10.1 Å². The van der Waals surface area contributed by atoms with Gasteiger partial charge in [0, 0.05) is 13.1 Å². The van der Waals surface area contributed by atoms with Crippen LogP contribution in [-0.2, 0) is 4.74 Å². The Kier molecular flexibility index (Phi) is 2.11. The summed E-state index contributed by atoms with van der Waals surface area (Å²) >= 11 is 0. The van der Waals surface area contributed by atoms with Gasteiger partial charge in [-0.05, 0) is 25.9 Å². The van der Waals surface area contributed by atoms with Gasteiger partial charge in [-0.3, -0.25) is 0 Å². The molecule has 0 amide bonds. The van der Waals surface area contributed by atoms with Crippen LogP contribution in [0.1, 0.15) is 12.8 Å². The molecule has 2 aliphatic rings. The summed E-state index contributed by atoms with van der Waals surface area (Å²) in [6.07, 6.45) is 2.27. The fourth-order valence-electron chi connectivity index (χ4n) is 1.84. The molecule has 0 atom stereocenters. The van der Waals surface area contributed by atoms with Gasteiger partial charge in [-0.15, -0.1) is 0 Å². The molecular weight excluding hydrogens is 140 g/mol. The molecule has 1 N–H and O–H groups in total. The Hall–Kier alpha value is -0.120. The minimum absolute atomic E-state index is 0.128. The van der Waals surface area contributed by atoms with Crippen LogP contribution < -0.4 is 10.6 Å². The van der Waals surface area contributed by atoms with Gasteiger partial charge in [0.25, 0.3) is 0 Å². The first-order valence-electron chi connectivity index (χ1n) is 4.39. The third-order valence-corrected chi connectivity index (χ3v) is 2.57. The highest BCUT2D eigenvalue weighted by molar-refractivity contribution is 4.90. The summed E-state index contributed by atoms with van der Waals surface area (Å²) in [4.78, 5) is 0. The van der Waals surface area contributed by atoms with Crippen molar-refractivity contribution in [3.63, 3.8) is 0 Å². The second kappa shape index (κ2) is 3.09. The summed E-state index contributed by atoms with van der Waals surface area (Å²) in [5.41, 5.74) is 0.128.